The molecule has 26 heavy (non-hydrogen) atoms. The molecular formula is C20H27FN2O3. The number of nitrogens with zero attached hydrogens (tertiary/aromatic N) is 2. The molecule has 1 aromatic rings. The zero-order valence-electron chi connectivity index (χ0n) is 15.7. The molecule has 6 heteroatoms. The van der Waals surface area contributed by atoms with Crippen molar-refractivity contribution in [2.24, 2.45) is 5.92 Å². The zero-order chi connectivity index (χ0) is 19.0. The lowest BCUT2D eigenvalue weighted by Gasteiger charge is -2.41. The minimum absolute atomic E-state index is 0.0742. The molecule has 1 aliphatic heterocycles. The number of benzene rings is 1. The average Bonchev–Trinajstić information content (AvgIpc) is 2.61. The summed E-state index contributed by atoms with van der Waals surface area (Å²) in [6.07, 6.45) is 2.39. The van der Waals surface area contributed by atoms with E-state index < -0.39 is 0 Å². The summed E-state index contributed by atoms with van der Waals surface area (Å²) < 4.78 is 14.0. The summed E-state index contributed by atoms with van der Waals surface area (Å²) in [7, 11) is 1.72. The number of carbonyl (C=O) groups excluding carboxylic acids is 2. The first-order valence-electron chi connectivity index (χ1n) is 9.28. The summed E-state index contributed by atoms with van der Waals surface area (Å²) >= 11 is 0. The largest absolute Gasteiger partial charge is 0.393 e. The number of hydrogen-bond acceptors (Lipinski definition) is 3. The van der Waals surface area contributed by atoms with E-state index in [1.165, 1.54) is 6.07 Å². The molecule has 1 saturated carbocycles. The van der Waals surface area contributed by atoms with Crippen LogP contribution in [0.25, 0.3) is 0 Å². The molecule has 142 valence electrons. The SMILES string of the molecule is Cc1cc(C(=O)N(C)C2CCCN(C(=O)C3CC(O)C3)C2)cc(F)c1C. The first-order chi connectivity index (χ1) is 12.3. The van der Waals surface area contributed by atoms with Crippen LogP contribution in [0.3, 0.4) is 0 Å². The second-order valence-electron chi connectivity index (χ2n) is 7.72. The van der Waals surface area contributed by atoms with Crippen molar-refractivity contribution in [1.82, 2.24) is 9.80 Å². The Morgan fingerprint density at radius 3 is 2.58 bits per heavy atom. The Hall–Kier alpha value is -1.95. The second-order valence-corrected chi connectivity index (χ2v) is 7.72. The molecule has 1 heterocycles. The second kappa shape index (κ2) is 7.35. The molecule has 5 nitrogen and oxygen atoms in total. The van der Waals surface area contributed by atoms with Crippen LogP contribution in [0.1, 0.15) is 47.2 Å². The topological polar surface area (TPSA) is 60.9 Å². The summed E-state index contributed by atoms with van der Waals surface area (Å²) in [5.41, 5.74) is 1.66. The molecule has 2 amide bonds. The molecule has 0 spiro atoms. The Bertz CT molecular complexity index is 692. The predicted octanol–water partition coefficient (Wildman–Crippen LogP) is 2.28. The maximum Gasteiger partial charge on any atom is 0.254 e. The van der Waals surface area contributed by atoms with E-state index in [1.807, 2.05) is 4.90 Å². The van der Waals surface area contributed by atoms with Gasteiger partial charge in [-0.25, -0.2) is 4.39 Å². The highest BCUT2D eigenvalue weighted by Crippen LogP contribution is 2.30. The van der Waals surface area contributed by atoms with Gasteiger partial charge >= 0.3 is 0 Å². The zero-order valence-corrected chi connectivity index (χ0v) is 15.7. The highest BCUT2D eigenvalue weighted by Gasteiger charge is 2.38. The smallest absolute Gasteiger partial charge is 0.254 e. The third kappa shape index (κ3) is 3.61. The van der Waals surface area contributed by atoms with Gasteiger partial charge in [-0.1, -0.05) is 0 Å². The number of likely N-dealkylation sites (tertiary alicyclic amines) is 1. The van der Waals surface area contributed by atoms with Crippen LogP contribution in [0.5, 0.6) is 0 Å². The fraction of sp³-hybridized carbons (Fsp3) is 0.600. The van der Waals surface area contributed by atoms with Crippen LogP contribution in [0.2, 0.25) is 0 Å². The number of carbonyl (C=O) groups is 2. The Labute approximate surface area is 153 Å². The number of halogens is 1. The molecule has 0 bridgehead atoms. The normalized spacial score (nSPS) is 25.6. The van der Waals surface area contributed by atoms with Gasteiger partial charge in [0.2, 0.25) is 5.91 Å². The van der Waals surface area contributed by atoms with Gasteiger partial charge in [-0.3, -0.25) is 9.59 Å². The van der Waals surface area contributed by atoms with Gasteiger partial charge in [0.1, 0.15) is 5.82 Å². The lowest BCUT2D eigenvalue weighted by Crippen LogP contribution is -2.53. The maximum absolute atomic E-state index is 14.0. The summed E-state index contributed by atoms with van der Waals surface area (Å²) in [6.45, 7) is 4.69. The lowest BCUT2D eigenvalue weighted by atomic mass is 9.81. The molecule has 1 unspecified atom stereocenters. The monoisotopic (exact) mass is 362 g/mol. The summed E-state index contributed by atoms with van der Waals surface area (Å²) in [6, 6.07) is 2.94. The molecule has 1 aliphatic carbocycles. The Morgan fingerprint density at radius 1 is 1.27 bits per heavy atom. The number of rotatable bonds is 3. The van der Waals surface area contributed by atoms with Crippen LogP contribution in [-0.4, -0.2) is 59.0 Å². The van der Waals surface area contributed by atoms with E-state index in [2.05, 4.69) is 0 Å². The van der Waals surface area contributed by atoms with E-state index >= 15 is 0 Å². The highest BCUT2D eigenvalue weighted by atomic mass is 19.1. The van der Waals surface area contributed by atoms with Crippen molar-refractivity contribution >= 4 is 11.8 Å². The van der Waals surface area contributed by atoms with Gasteiger partial charge in [0.25, 0.3) is 5.91 Å². The third-order valence-electron chi connectivity index (χ3n) is 5.89. The molecule has 1 N–H and O–H groups in total. The van der Waals surface area contributed by atoms with Gasteiger partial charge in [-0.15, -0.1) is 0 Å². The minimum atomic E-state index is -0.370. The van der Waals surface area contributed by atoms with Crippen molar-refractivity contribution in [3.63, 3.8) is 0 Å². The Kier molecular flexibility index (Phi) is 5.32. The molecule has 1 aromatic carbocycles. The van der Waals surface area contributed by atoms with Gasteiger partial charge in [0.15, 0.2) is 0 Å². The molecule has 3 rings (SSSR count). The molecule has 2 fully saturated rings. The standard InChI is InChI=1S/C20H27FN2O3/c1-12-7-14(10-18(21)13(12)2)19(25)22(3)16-5-4-6-23(11-16)20(26)15-8-17(24)9-15/h7,10,15-17,24H,4-6,8-9,11H2,1-3H3. The van der Waals surface area contributed by atoms with Crippen molar-refractivity contribution in [3.8, 4) is 0 Å². The summed E-state index contributed by atoms with van der Waals surface area (Å²) in [4.78, 5) is 28.8. The number of aliphatic hydroxyl groups excluding tert-OH is 1. The van der Waals surface area contributed by atoms with Crippen LogP contribution in [0.4, 0.5) is 4.39 Å². The number of piperidine rings is 1. The van der Waals surface area contributed by atoms with Gasteiger partial charge in [-0.05, 0) is 62.8 Å². The number of aryl methyl sites for hydroxylation is 1. The van der Waals surface area contributed by atoms with Crippen LogP contribution < -0.4 is 0 Å². The lowest BCUT2D eigenvalue weighted by molar-refractivity contribution is -0.144. The summed E-state index contributed by atoms with van der Waals surface area (Å²) in [5.74, 6) is -0.590. The minimum Gasteiger partial charge on any atom is -0.393 e. The fourth-order valence-electron chi connectivity index (χ4n) is 3.83. The van der Waals surface area contributed by atoms with Crippen molar-refractivity contribution in [1.29, 1.82) is 0 Å². The number of aliphatic hydroxyl groups is 1. The van der Waals surface area contributed by atoms with Crippen molar-refractivity contribution in [2.45, 2.75) is 51.7 Å². The van der Waals surface area contributed by atoms with E-state index in [0.717, 1.165) is 18.4 Å². The molecule has 1 atom stereocenters. The first-order valence-corrected chi connectivity index (χ1v) is 9.28. The number of likely N-dealkylation sites (N-methyl/N-ethyl adjacent to an activating group) is 1. The van der Waals surface area contributed by atoms with Crippen molar-refractivity contribution < 1.29 is 19.1 Å². The maximum atomic E-state index is 14.0. The van der Waals surface area contributed by atoms with E-state index in [-0.39, 0.29) is 35.7 Å². The first kappa shape index (κ1) is 18.8. The van der Waals surface area contributed by atoms with E-state index in [9.17, 15) is 19.1 Å². The fourth-order valence-corrected chi connectivity index (χ4v) is 3.83. The average molecular weight is 362 g/mol. The highest BCUT2D eigenvalue weighted by molar-refractivity contribution is 5.94. The summed E-state index contributed by atoms with van der Waals surface area (Å²) in [5, 5.41) is 9.41. The molecule has 1 saturated heterocycles. The van der Waals surface area contributed by atoms with Crippen LogP contribution in [-0.2, 0) is 4.79 Å². The van der Waals surface area contributed by atoms with Gasteiger partial charge in [-0.2, -0.15) is 0 Å². The Morgan fingerprint density at radius 2 is 1.96 bits per heavy atom. The van der Waals surface area contributed by atoms with E-state index in [0.29, 0.717) is 37.1 Å². The molecule has 0 radical (unpaired) electrons. The Balaban J connectivity index is 1.68. The molecular weight excluding hydrogens is 335 g/mol. The van der Waals surface area contributed by atoms with Gasteiger partial charge < -0.3 is 14.9 Å². The van der Waals surface area contributed by atoms with Crippen molar-refractivity contribution in [3.05, 3.63) is 34.6 Å². The van der Waals surface area contributed by atoms with Crippen LogP contribution >= 0.6 is 0 Å². The quantitative estimate of drug-likeness (QED) is 0.897. The van der Waals surface area contributed by atoms with Crippen molar-refractivity contribution in [2.75, 3.05) is 20.1 Å². The third-order valence-corrected chi connectivity index (χ3v) is 5.89. The van der Waals surface area contributed by atoms with E-state index in [4.69, 9.17) is 0 Å². The molecule has 0 aromatic heterocycles. The predicted molar refractivity (Wildman–Crippen MR) is 96.3 cm³/mol. The van der Waals surface area contributed by atoms with Gasteiger partial charge in [0, 0.05) is 37.7 Å². The van der Waals surface area contributed by atoms with Gasteiger partial charge in [0.05, 0.1) is 6.10 Å². The van der Waals surface area contributed by atoms with Crippen LogP contribution in [0.15, 0.2) is 12.1 Å². The number of hydrogen-bond donors (Lipinski definition) is 1. The molecule has 2 aliphatic rings. The van der Waals surface area contributed by atoms with E-state index in [1.54, 1.807) is 31.9 Å². The van der Waals surface area contributed by atoms with Crippen LogP contribution in [0, 0.1) is 25.6 Å². The number of amides is 2.